The summed E-state index contributed by atoms with van der Waals surface area (Å²) in [5, 5.41) is 33.9. The van der Waals surface area contributed by atoms with Crippen LogP contribution in [0.4, 0.5) is 0 Å². The molecule has 0 radical (unpaired) electrons. The van der Waals surface area contributed by atoms with E-state index in [4.69, 9.17) is 0 Å². The van der Waals surface area contributed by atoms with Crippen LogP contribution in [0, 0.1) is 0 Å². The van der Waals surface area contributed by atoms with Crippen LogP contribution < -0.4 is 0 Å². The van der Waals surface area contributed by atoms with Gasteiger partial charge in [-0.25, -0.2) is 15.0 Å². The second-order valence-corrected chi connectivity index (χ2v) is 8.30. The van der Waals surface area contributed by atoms with Crippen molar-refractivity contribution in [1.82, 2.24) is 19.5 Å². The minimum atomic E-state index is 0.0149. The molecule has 6 aromatic rings. The fourth-order valence-electron chi connectivity index (χ4n) is 4.44. The van der Waals surface area contributed by atoms with Crippen LogP contribution in [0.1, 0.15) is 0 Å². The van der Waals surface area contributed by atoms with E-state index in [1.54, 1.807) is 54.6 Å². The third-order valence-electron chi connectivity index (χ3n) is 6.20. The van der Waals surface area contributed by atoms with Crippen molar-refractivity contribution in [2.45, 2.75) is 0 Å². The molecule has 0 bridgehead atoms. The molecule has 170 valence electrons. The molecular formula is C28H20N4O3. The number of fused-ring (bicyclic) bond motifs is 3. The van der Waals surface area contributed by atoms with Gasteiger partial charge in [-0.2, -0.15) is 0 Å². The van der Waals surface area contributed by atoms with Gasteiger partial charge in [-0.05, 0) is 36.4 Å². The fourth-order valence-corrected chi connectivity index (χ4v) is 4.44. The van der Waals surface area contributed by atoms with Gasteiger partial charge >= 0.3 is 0 Å². The summed E-state index contributed by atoms with van der Waals surface area (Å²) in [6, 6.07) is 25.1. The number of hydrogen-bond donors (Lipinski definition) is 3. The lowest BCUT2D eigenvalue weighted by Gasteiger charge is -2.11. The van der Waals surface area contributed by atoms with Gasteiger partial charge in [-0.3, -0.25) is 0 Å². The maximum absolute atomic E-state index is 11.0. The molecule has 0 aliphatic heterocycles. The van der Waals surface area contributed by atoms with E-state index in [1.165, 1.54) is 0 Å². The molecule has 35 heavy (non-hydrogen) atoms. The lowest BCUT2D eigenvalue weighted by molar-refractivity contribution is 0.477. The average molecular weight is 460 g/mol. The Morgan fingerprint density at radius 2 is 1.03 bits per heavy atom. The number of benzene rings is 4. The molecule has 0 atom stereocenters. The molecule has 0 fully saturated rings. The molecule has 3 N–H and O–H groups in total. The van der Waals surface area contributed by atoms with Gasteiger partial charge in [0.1, 0.15) is 17.2 Å². The van der Waals surface area contributed by atoms with E-state index in [1.807, 2.05) is 41.9 Å². The smallest absolute Gasteiger partial charge is 0.167 e. The van der Waals surface area contributed by atoms with Gasteiger partial charge in [0.05, 0.1) is 22.2 Å². The highest BCUT2D eigenvalue weighted by Crippen LogP contribution is 2.38. The number of nitrogens with zero attached hydrogens (tertiary/aromatic N) is 4. The number of aromatic hydroxyl groups is 3. The van der Waals surface area contributed by atoms with Crippen molar-refractivity contribution in [2.75, 3.05) is 0 Å². The molecular weight excluding hydrogens is 440 g/mol. The molecule has 0 amide bonds. The van der Waals surface area contributed by atoms with Crippen LogP contribution >= 0.6 is 0 Å². The lowest BCUT2D eigenvalue weighted by atomic mass is 10.1. The third kappa shape index (κ3) is 3.33. The summed E-state index contributed by atoms with van der Waals surface area (Å²) >= 11 is 0. The van der Waals surface area contributed by atoms with Gasteiger partial charge in [0.15, 0.2) is 17.5 Å². The highest BCUT2D eigenvalue weighted by molar-refractivity contribution is 6.09. The Morgan fingerprint density at radius 1 is 0.514 bits per heavy atom. The molecule has 0 aliphatic carbocycles. The van der Waals surface area contributed by atoms with Crippen LogP contribution in [0.2, 0.25) is 0 Å². The van der Waals surface area contributed by atoms with Crippen molar-refractivity contribution in [3.05, 3.63) is 84.9 Å². The zero-order valence-electron chi connectivity index (χ0n) is 18.7. The molecule has 2 heterocycles. The molecule has 6 rings (SSSR count). The number of aryl methyl sites for hydroxylation is 1. The molecule has 0 unspecified atom stereocenters. The predicted molar refractivity (Wildman–Crippen MR) is 135 cm³/mol. The van der Waals surface area contributed by atoms with E-state index < -0.39 is 0 Å². The summed E-state index contributed by atoms with van der Waals surface area (Å²) in [4.78, 5) is 13.8. The first kappa shape index (κ1) is 20.7. The summed E-state index contributed by atoms with van der Waals surface area (Å²) in [7, 11) is 1.96. The first-order chi connectivity index (χ1) is 17.0. The van der Waals surface area contributed by atoms with Crippen LogP contribution in [0.15, 0.2) is 84.9 Å². The second-order valence-electron chi connectivity index (χ2n) is 8.30. The van der Waals surface area contributed by atoms with Gasteiger partial charge in [0, 0.05) is 29.4 Å². The molecule has 2 aromatic heterocycles. The Kier molecular flexibility index (Phi) is 4.64. The summed E-state index contributed by atoms with van der Waals surface area (Å²) < 4.78 is 2.03. The van der Waals surface area contributed by atoms with Crippen LogP contribution in [-0.4, -0.2) is 34.8 Å². The van der Waals surface area contributed by atoms with Crippen LogP contribution in [0.25, 0.3) is 56.0 Å². The molecule has 0 saturated heterocycles. The van der Waals surface area contributed by atoms with E-state index in [2.05, 4.69) is 15.0 Å². The summed E-state index contributed by atoms with van der Waals surface area (Å²) in [6.07, 6.45) is 0. The van der Waals surface area contributed by atoms with Crippen LogP contribution in [-0.2, 0) is 7.05 Å². The Hall–Kier alpha value is -4.91. The van der Waals surface area contributed by atoms with Crippen molar-refractivity contribution < 1.29 is 15.3 Å². The van der Waals surface area contributed by atoms with E-state index in [-0.39, 0.29) is 34.7 Å². The maximum atomic E-state index is 11.0. The Balaban J connectivity index is 1.65. The monoisotopic (exact) mass is 460 g/mol. The SMILES string of the molecule is Cn1c2ccccc2c2cc(-c3nc(-c4ccccc4O)nc(-c4ccccc4O)n3)c(O)cc21. The largest absolute Gasteiger partial charge is 0.507 e. The third-order valence-corrected chi connectivity index (χ3v) is 6.20. The van der Waals surface area contributed by atoms with Crippen molar-refractivity contribution in [3.63, 3.8) is 0 Å². The van der Waals surface area contributed by atoms with E-state index >= 15 is 0 Å². The van der Waals surface area contributed by atoms with Gasteiger partial charge in [0.25, 0.3) is 0 Å². The molecule has 4 aromatic carbocycles. The molecule has 0 aliphatic rings. The zero-order valence-corrected chi connectivity index (χ0v) is 18.7. The standard InChI is InChI=1S/C28H20N4O3/c1-32-21-11-5-2-8-16(21)19-14-20(25(35)15-22(19)32)28-30-26(17-9-3-6-12-23(17)33)29-27(31-28)18-10-4-7-13-24(18)34/h2-15,33-35H,1H3. The number of phenolic OH excluding ortho intramolecular Hbond substituents is 3. The second kappa shape index (κ2) is 7.85. The molecule has 0 saturated carbocycles. The highest BCUT2D eigenvalue weighted by atomic mass is 16.3. The quantitative estimate of drug-likeness (QED) is 0.316. The van der Waals surface area contributed by atoms with Crippen molar-refractivity contribution in [2.24, 2.45) is 7.05 Å². The van der Waals surface area contributed by atoms with Gasteiger partial charge in [-0.15, -0.1) is 0 Å². The van der Waals surface area contributed by atoms with E-state index in [0.29, 0.717) is 16.7 Å². The normalized spacial score (nSPS) is 11.3. The summed E-state index contributed by atoms with van der Waals surface area (Å²) in [6.45, 7) is 0. The van der Waals surface area contributed by atoms with Crippen molar-refractivity contribution >= 4 is 21.8 Å². The minimum Gasteiger partial charge on any atom is -0.507 e. The van der Waals surface area contributed by atoms with E-state index in [9.17, 15) is 15.3 Å². The number of phenols is 3. The van der Waals surface area contributed by atoms with Crippen LogP contribution in [0.5, 0.6) is 17.2 Å². The summed E-state index contributed by atoms with van der Waals surface area (Å²) in [5.74, 6) is 0.723. The fraction of sp³-hybridized carbons (Fsp3) is 0.0357. The number of aromatic nitrogens is 4. The van der Waals surface area contributed by atoms with Crippen molar-refractivity contribution in [1.29, 1.82) is 0 Å². The minimum absolute atomic E-state index is 0.0149. The maximum Gasteiger partial charge on any atom is 0.167 e. The van der Waals surface area contributed by atoms with Gasteiger partial charge in [0.2, 0.25) is 0 Å². The summed E-state index contributed by atoms with van der Waals surface area (Å²) in [5.41, 5.74) is 3.17. The average Bonchev–Trinajstić information content (AvgIpc) is 3.15. The van der Waals surface area contributed by atoms with Crippen molar-refractivity contribution in [3.8, 4) is 51.4 Å². The number of para-hydroxylation sites is 3. The predicted octanol–water partition coefficient (Wildman–Crippen LogP) is 5.63. The van der Waals surface area contributed by atoms with E-state index in [0.717, 1.165) is 21.8 Å². The lowest BCUT2D eigenvalue weighted by Crippen LogP contribution is -2.01. The van der Waals surface area contributed by atoms with Gasteiger partial charge in [-0.1, -0.05) is 42.5 Å². The number of hydrogen-bond acceptors (Lipinski definition) is 6. The number of rotatable bonds is 3. The first-order valence-electron chi connectivity index (χ1n) is 11.0. The van der Waals surface area contributed by atoms with Gasteiger partial charge < -0.3 is 19.9 Å². The molecule has 7 nitrogen and oxygen atoms in total. The molecule has 7 heteroatoms. The first-order valence-corrected chi connectivity index (χ1v) is 11.0. The van der Waals surface area contributed by atoms with Crippen LogP contribution in [0.3, 0.4) is 0 Å². The zero-order chi connectivity index (χ0) is 24.1. The highest BCUT2D eigenvalue weighted by Gasteiger charge is 2.19. The Morgan fingerprint density at radius 3 is 1.63 bits per heavy atom. The Bertz CT molecular complexity index is 1690. The topological polar surface area (TPSA) is 104 Å². The Labute approximate surface area is 200 Å². The molecule has 0 spiro atoms.